The lowest BCUT2D eigenvalue weighted by atomic mass is 9.92. The number of carbonyl (C=O) groups is 2. The number of likely N-dealkylation sites (tertiary alicyclic amines) is 1. The second kappa shape index (κ2) is 10.6. The van der Waals surface area contributed by atoms with Crippen LogP contribution in [0.2, 0.25) is 0 Å². The van der Waals surface area contributed by atoms with E-state index < -0.39 is 0 Å². The number of likely N-dealkylation sites (N-methyl/N-ethyl adjacent to an activating group) is 1. The zero-order chi connectivity index (χ0) is 20.7. The standard InChI is InChI=1S/C22H36N2O4/c1-6-17(7-2)24-13-12-18(15-24)23(3)22(26)11-9-19(25)16-8-10-20(27-4)21(14-16)28-5/h10,14,16-18H,6-9,11-13,15H2,1-5H3. The van der Waals surface area contributed by atoms with Gasteiger partial charge in [0.15, 0.2) is 11.5 Å². The van der Waals surface area contributed by atoms with E-state index in [1.165, 1.54) is 0 Å². The van der Waals surface area contributed by atoms with Gasteiger partial charge in [-0.05, 0) is 37.8 Å². The molecule has 158 valence electrons. The van der Waals surface area contributed by atoms with Gasteiger partial charge < -0.3 is 14.4 Å². The van der Waals surface area contributed by atoms with Crippen molar-refractivity contribution in [3.8, 4) is 0 Å². The Balaban J connectivity index is 1.83. The van der Waals surface area contributed by atoms with Crippen molar-refractivity contribution in [2.24, 2.45) is 5.92 Å². The third-order valence-electron chi connectivity index (χ3n) is 6.19. The first-order chi connectivity index (χ1) is 13.4. The van der Waals surface area contributed by atoms with Crippen LogP contribution in [0.1, 0.15) is 52.4 Å². The second-order valence-electron chi connectivity index (χ2n) is 7.73. The molecule has 1 saturated heterocycles. The number of carbonyl (C=O) groups excluding carboxylic acids is 2. The highest BCUT2D eigenvalue weighted by Gasteiger charge is 2.31. The molecule has 2 rings (SSSR count). The van der Waals surface area contributed by atoms with Gasteiger partial charge in [0.1, 0.15) is 5.78 Å². The molecule has 2 unspecified atom stereocenters. The average Bonchev–Trinajstić information content (AvgIpc) is 3.21. The van der Waals surface area contributed by atoms with E-state index >= 15 is 0 Å². The van der Waals surface area contributed by atoms with E-state index in [-0.39, 0.29) is 36.5 Å². The largest absolute Gasteiger partial charge is 0.493 e. The van der Waals surface area contributed by atoms with Gasteiger partial charge in [-0.3, -0.25) is 14.5 Å². The highest BCUT2D eigenvalue weighted by atomic mass is 16.5. The third-order valence-corrected chi connectivity index (χ3v) is 6.19. The molecular formula is C22H36N2O4. The molecule has 6 heteroatoms. The minimum absolute atomic E-state index is 0.0598. The smallest absolute Gasteiger partial charge is 0.223 e. The summed E-state index contributed by atoms with van der Waals surface area (Å²) in [6.45, 7) is 6.44. The predicted octanol–water partition coefficient (Wildman–Crippen LogP) is 3.14. The molecule has 0 radical (unpaired) electrons. The van der Waals surface area contributed by atoms with Gasteiger partial charge in [-0.2, -0.15) is 0 Å². The Kier molecular flexibility index (Phi) is 8.55. The van der Waals surface area contributed by atoms with E-state index in [1.54, 1.807) is 20.3 Å². The second-order valence-corrected chi connectivity index (χ2v) is 7.73. The van der Waals surface area contributed by atoms with Gasteiger partial charge in [-0.25, -0.2) is 0 Å². The van der Waals surface area contributed by atoms with E-state index in [1.807, 2.05) is 18.0 Å². The number of methoxy groups -OCH3 is 2. The molecule has 1 aliphatic carbocycles. The van der Waals surface area contributed by atoms with Gasteiger partial charge in [0.05, 0.1) is 14.2 Å². The summed E-state index contributed by atoms with van der Waals surface area (Å²) in [7, 11) is 5.03. The molecular weight excluding hydrogens is 356 g/mol. The molecule has 0 aromatic carbocycles. The summed E-state index contributed by atoms with van der Waals surface area (Å²) < 4.78 is 10.5. The van der Waals surface area contributed by atoms with Crippen LogP contribution in [-0.4, -0.2) is 67.9 Å². The lowest BCUT2D eigenvalue weighted by Gasteiger charge is -2.28. The zero-order valence-corrected chi connectivity index (χ0v) is 18.1. The van der Waals surface area contributed by atoms with Gasteiger partial charge in [0.25, 0.3) is 0 Å². The number of allylic oxidation sites excluding steroid dienone is 2. The maximum absolute atomic E-state index is 12.6. The Morgan fingerprint density at radius 3 is 2.46 bits per heavy atom. The maximum Gasteiger partial charge on any atom is 0.223 e. The third kappa shape index (κ3) is 5.37. The van der Waals surface area contributed by atoms with Crippen molar-refractivity contribution in [1.82, 2.24) is 9.80 Å². The topological polar surface area (TPSA) is 59.1 Å². The first-order valence-corrected chi connectivity index (χ1v) is 10.5. The molecule has 0 saturated carbocycles. The molecule has 0 aromatic heterocycles. The predicted molar refractivity (Wildman–Crippen MR) is 110 cm³/mol. The molecule has 1 fully saturated rings. The van der Waals surface area contributed by atoms with Crippen molar-refractivity contribution in [1.29, 1.82) is 0 Å². The summed E-state index contributed by atoms with van der Waals surface area (Å²) >= 11 is 0. The van der Waals surface area contributed by atoms with Crippen LogP contribution >= 0.6 is 0 Å². The minimum atomic E-state index is -0.246. The number of ketones is 1. The molecule has 6 nitrogen and oxygen atoms in total. The van der Waals surface area contributed by atoms with Crippen LogP contribution in [0.25, 0.3) is 0 Å². The Hall–Kier alpha value is -1.82. The van der Waals surface area contributed by atoms with Crippen molar-refractivity contribution in [3.05, 3.63) is 23.7 Å². The van der Waals surface area contributed by atoms with Gasteiger partial charge in [-0.1, -0.05) is 13.8 Å². The Labute approximate surface area is 169 Å². The fraction of sp³-hybridized carbons (Fsp3) is 0.727. The molecule has 1 amide bonds. The number of rotatable bonds is 10. The van der Waals surface area contributed by atoms with Gasteiger partial charge in [0.2, 0.25) is 5.91 Å². The number of hydrogen-bond donors (Lipinski definition) is 0. The molecule has 0 spiro atoms. The van der Waals surface area contributed by atoms with Crippen molar-refractivity contribution < 1.29 is 19.1 Å². The summed E-state index contributed by atoms with van der Waals surface area (Å²) in [5.74, 6) is 1.13. The monoisotopic (exact) mass is 392 g/mol. The highest BCUT2D eigenvalue weighted by Crippen LogP contribution is 2.26. The lowest BCUT2D eigenvalue weighted by Crippen LogP contribution is -2.41. The van der Waals surface area contributed by atoms with Crippen LogP contribution in [-0.2, 0) is 19.1 Å². The van der Waals surface area contributed by atoms with Crippen LogP contribution in [0.4, 0.5) is 0 Å². The zero-order valence-electron chi connectivity index (χ0n) is 18.1. The molecule has 2 aliphatic rings. The first-order valence-electron chi connectivity index (χ1n) is 10.5. The Morgan fingerprint density at radius 2 is 1.86 bits per heavy atom. The van der Waals surface area contributed by atoms with Crippen LogP contribution in [0.15, 0.2) is 23.7 Å². The summed E-state index contributed by atoms with van der Waals surface area (Å²) in [6.07, 6.45) is 8.11. The van der Waals surface area contributed by atoms with E-state index in [0.717, 1.165) is 32.4 Å². The lowest BCUT2D eigenvalue weighted by molar-refractivity contribution is -0.134. The minimum Gasteiger partial charge on any atom is -0.493 e. The van der Waals surface area contributed by atoms with Crippen molar-refractivity contribution in [2.75, 3.05) is 34.4 Å². The van der Waals surface area contributed by atoms with Crippen LogP contribution in [0.5, 0.6) is 0 Å². The van der Waals surface area contributed by atoms with Crippen molar-refractivity contribution in [2.45, 2.75) is 64.5 Å². The normalized spacial score (nSPS) is 22.6. The maximum atomic E-state index is 12.6. The Morgan fingerprint density at radius 1 is 1.18 bits per heavy atom. The van der Waals surface area contributed by atoms with E-state index in [2.05, 4.69) is 18.7 Å². The van der Waals surface area contributed by atoms with Crippen LogP contribution in [0.3, 0.4) is 0 Å². The molecule has 2 atom stereocenters. The van der Waals surface area contributed by atoms with Crippen molar-refractivity contribution in [3.63, 3.8) is 0 Å². The molecule has 1 heterocycles. The fourth-order valence-corrected chi connectivity index (χ4v) is 4.26. The summed E-state index contributed by atoms with van der Waals surface area (Å²) in [5.41, 5.74) is 0. The molecule has 0 N–H and O–H groups in total. The van der Waals surface area contributed by atoms with Gasteiger partial charge in [-0.15, -0.1) is 0 Å². The fourth-order valence-electron chi connectivity index (χ4n) is 4.26. The van der Waals surface area contributed by atoms with Crippen molar-refractivity contribution >= 4 is 11.7 Å². The quantitative estimate of drug-likeness (QED) is 0.572. The Bertz CT molecular complexity index is 610. The summed E-state index contributed by atoms with van der Waals surface area (Å²) in [4.78, 5) is 29.6. The highest BCUT2D eigenvalue weighted by molar-refractivity contribution is 5.88. The van der Waals surface area contributed by atoms with Gasteiger partial charge >= 0.3 is 0 Å². The van der Waals surface area contributed by atoms with E-state index in [0.29, 0.717) is 24.0 Å². The number of nitrogens with zero attached hydrogens (tertiary/aromatic N) is 2. The van der Waals surface area contributed by atoms with E-state index in [9.17, 15) is 9.59 Å². The number of Topliss-reactive ketones (excluding diaryl/α,β-unsaturated/α-hetero) is 1. The average molecular weight is 393 g/mol. The number of ether oxygens (including phenoxy) is 2. The van der Waals surface area contributed by atoms with E-state index in [4.69, 9.17) is 9.47 Å². The summed E-state index contributed by atoms with van der Waals surface area (Å²) in [6, 6.07) is 0.860. The SMILES string of the molecule is CCC(CC)N1CCC(N(C)C(=O)CCC(=O)C2C=C(OC)C(OC)=CC2)C1. The number of hydrogen-bond acceptors (Lipinski definition) is 5. The summed E-state index contributed by atoms with van der Waals surface area (Å²) in [5, 5.41) is 0. The molecule has 1 aliphatic heterocycles. The molecule has 0 aromatic rings. The molecule has 0 bridgehead atoms. The number of amides is 1. The molecule has 28 heavy (non-hydrogen) atoms. The van der Waals surface area contributed by atoms with Gasteiger partial charge in [0, 0.05) is 51.0 Å². The van der Waals surface area contributed by atoms with Crippen LogP contribution in [0, 0.1) is 5.92 Å². The first kappa shape index (κ1) is 22.5. The van der Waals surface area contributed by atoms with Crippen LogP contribution < -0.4 is 0 Å².